The molecule has 15 heavy (non-hydrogen) atoms. The third kappa shape index (κ3) is 2.18. The molecule has 3 heteroatoms. The van der Waals surface area contributed by atoms with Crippen LogP contribution in [-0.2, 0) is 6.42 Å². The minimum Gasteiger partial charge on any atom is -0.508 e. The van der Waals surface area contributed by atoms with Gasteiger partial charge in [0, 0.05) is 18.1 Å². The Morgan fingerprint density at radius 1 is 1.27 bits per heavy atom. The highest BCUT2D eigenvalue weighted by atomic mass is 16.5. The minimum atomic E-state index is 0.260. The van der Waals surface area contributed by atoms with Gasteiger partial charge in [0.1, 0.15) is 17.2 Å². The third-order valence-corrected chi connectivity index (χ3v) is 2.22. The van der Waals surface area contributed by atoms with Gasteiger partial charge in [0.05, 0.1) is 0 Å². The van der Waals surface area contributed by atoms with Gasteiger partial charge in [-0.15, -0.1) is 0 Å². The average Bonchev–Trinajstić information content (AvgIpc) is 2.68. The lowest BCUT2D eigenvalue weighted by molar-refractivity contribution is 0.384. The molecule has 0 aliphatic rings. The van der Waals surface area contributed by atoms with E-state index in [1.165, 1.54) is 0 Å². The number of rotatable bonds is 3. The summed E-state index contributed by atoms with van der Waals surface area (Å²) in [5, 5.41) is 13.1. The maximum absolute atomic E-state index is 9.15. The Hall–Kier alpha value is -1.77. The molecule has 0 bridgehead atoms. The minimum absolute atomic E-state index is 0.260. The van der Waals surface area contributed by atoms with E-state index in [0.717, 1.165) is 29.9 Å². The van der Waals surface area contributed by atoms with Gasteiger partial charge in [-0.25, -0.2) is 0 Å². The van der Waals surface area contributed by atoms with E-state index in [4.69, 9.17) is 9.63 Å². The monoisotopic (exact) mass is 203 g/mol. The fraction of sp³-hybridized carbons (Fsp3) is 0.250. The second kappa shape index (κ2) is 4.17. The van der Waals surface area contributed by atoms with E-state index in [-0.39, 0.29) is 5.75 Å². The lowest BCUT2D eigenvalue weighted by Gasteiger charge is -1.94. The third-order valence-electron chi connectivity index (χ3n) is 2.22. The van der Waals surface area contributed by atoms with Gasteiger partial charge in [-0.05, 0) is 30.7 Å². The van der Waals surface area contributed by atoms with Gasteiger partial charge < -0.3 is 9.63 Å². The van der Waals surface area contributed by atoms with Crippen LogP contribution < -0.4 is 0 Å². The van der Waals surface area contributed by atoms with Gasteiger partial charge in [0.2, 0.25) is 0 Å². The molecule has 0 unspecified atom stereocenters. The lowest BCUT2D eigenvalue weighted by Crippen LogP contribution is -1.76. The smallest absolute Gasteiger partial charge is 0.137 e. The standard InChI is InChI=1S/C12H13NO2/c1-2-3-11-8-12(13-15-11)9-4-6-10(14)7-5-9/h4-8,14H,2-3H2,1H3. The molecule has 0 amide bonds. The summed E-state index contributed by atoms with van der Waals surface area (Å²) in [6, 6.07) is 8.87. The van der Waals surface area contributed by atoms with Crippen LogP contribution in [0.3, 0.4) is 0 Å². The predicted molar refractivity (Wildman–Crippen MR) is 57.6 cm³/mol. The number of phenols is 1. The van der Waals surface area contributed by atoms with Gasteiger partial charge in [0.25, 0.3) is 0 Å². The van der Waals surface area contributed by atoms with Crippen LogP contribution in [0.4, 0.5) is 0 Å². The molecular formula is C12H13NO2. The van der Waals surface area contributed by atoms with Crippen molar-refractivity contribution in [3.8, 4) is 17.0 Å². The van der Waals surface area contributed by atoms with Crippen LogP contribution in [0.25, 0.3) is 11.3 Å². The molecule has 1 N–H and O–H groups in total. The molecular weight excluding hydrogens is 190 g/mol. The van der Waals surface area contributed by atoms with Crippen molar-refractivity contribution >= 4 is 0 Å². The zero-order valence-corrected chi connectivity index (χ0v) is 8.60. The van der Waals surface area contributed by atoms with Gasteiger partial charge in [-0.1, -0.05) is 12.1 Å². The van der Waals surface area contributed by atoms with E-state index in [2.05, 4.69) is 12.1 Å². The number of aryl methyl sites for hydroxylation is 1. The van der Waals surface area contributed by atoms with Crippen molar-refractivity contribution in [1.29, 1.82) is 0 Å². The first kappa shape index (κ1) is 9.77. The molecule has 78 valence electrons. The summed E-state index contributed by atoms with van der Waals surface area (Å²) in [4.78, 5) is 0. The van der Waals surface area contributed by atoms with Crippen LogP contribution in [0.2, 0.25) is 0 Å². The Morgan fingerprint density at radius 2 is 2.00 bits per heavy atom. The van der Waals surface area contributed by atoms with Gasteiger partial charge in [0.15, 0.2) is 0 Å². The Bertz CT molecular complexity index is 431. The molecule has 0 saturated heterocycles. The van der Waals surface area contributed by atoms with Crippen molar-refractivity contribution in [3.63, 3.8) is 0 Å². The van der Waals surface area contributed by atoms with Crippen LogP contribution in [0.5, 0.6) is 5.75 Å². The number of nitrogens with zero attached hydrogens (tertiary/aromatic N) is 1. The maximum atomic E-state index is 9.15. The van der Waals surface area contributed by atoms with E-state index in [1.54, 1.807) is 12.1 Å². The molecule has 0 fully saturated rings. The zero-order valence-electron chi connectivity index (χ0n) is 8.60. The van der Waals surface area contributed by atoms with Crippen LogP contribution in [-0.4, -0.2) is 10.3 Å². The molecule has 0 spiro atoms. The first-order valence-corrected chi connectivity index (χ1v) is 5.04. The fourth-order valence-corrected chi connectivity index (χ4v) is 1.45. The molecule has 1 aromatic heterocycles. The molecule has 2 rings (SSSR count). The van der Waals surface area contributed by atoms with Crippen LogP contribution >= 0.6 is 0 Å². The molecule has 0 aliphatic carbocycles. The van der Waals surface area contributed by atoms with Crippen molar-refractivity contribution in [1.82, 2.24) is 5.16 Å². The summed E-state index contributed by atoms with van der Waals surface area (Å²) in [5.74, 6) is 1.16. The molecule has 3 nitrogen and oxygen atoms in total. The molecule has 0 saturated carbocycles. The van der Waals surface area contributed by atoms with E-state index in [1.807, 2.05) is 18.2 Å². The van der Waals surface area contributed by atoms with Crippen LogP contribution in [0.15, 0.2) is 34.9 Å². The Morgan fingerprint density at radius 3 is 2.67 bits per heavy atom. The fourth-order valence-electron chi connectivity index (χ4n) is 1.45. The summed E-state index contributed by atoms with van der Waals surface area (Å²) >= 11 is 0. The van der Waals surface area contributed by atoms with Crippen molar-refractivity contribution in [2.45, 2.75) is 19.8 Å². The van der Waals surface area contributed by atoms with Crippen molar-refractivity contribution < 1.29 is 9.63 Å². The Labute approximate surface area is 88.3 Å². The van der Waals surface area contributed by atoms with E-state index < -0.39 is 0 Å². The summed E-state index contributed by atoms with van der Waals surface area (Å²) in [7, 11) is 0. The SMILES string of the molecule is CCCc1cc(-c2ccc(O)cc2)no1. The van der Waals surface area contributed by atoms with Crippen molar-refractivity contribution in [2.75, 3.05) is 0 Å². The highest BCUT2D eigenvalue weighted by Gasteiger charge is 2.05. The molecule has 2 aromatic rings. The number of hydrogen-bond acceptors (Lipinski definition) is 3. The first-order chi connectivity index (χ1) is 7.29. The van der Waals surface area contributed by atoms with Gasteiger partial charge in [-0.2, -0.15) is 0 Å². The maximum Gasteiger partial charge on any atom is 0.137 e. The zero-order chi connectivity index (χ0) is 10.7. The second-order valence-electron chi connectivity index (χ2n) is 3.48. The number of aromatic hydroxyl groups is 1. The van der Waals surface area contributed by atoms with Crippen LogP contribution in [0.1, 0.15) is 19.1 Å². The number of hydrogen-bond donors (Lipinski definition) is 1. The predicted octanol–water partition coefficient (Wildman–Crippen LogP) is 3.00. The normalized spacial score (nSPS) is 10.5. The van der Waals surface area contributed by atoms with Crippen LogP contribution in [0, 0.1) is 0 Å². The Kier molecular flexibility index (Phi) is 2.72. The van der Waals surface area contributed by atoms with Gasteiger partial charge >= 0.3 is 0 Å². The van der Waals surface area contributed by atoms with E-state index >= 15 is 0 Å². The first-order valence-electron chi connectivity index (χ1n) is 5.04. The largest absolute Gasteiger partial charge is 0.508 e. The van der Waals surface area contributed by atoms with Crippen molar-refractivity contribution in [2.24, 2.45) is 0 Å². The van der Waals surface area contributed by atoms with E-state index in [9.17, 15) is 0 Å². The average molecular weight is 203 g/mol. The highest BCUT2D eigenvalue weighted by molar-refractivity contribution is 5.59. The van der Waals surface area contributed by atoms with Crippen molar-refractivity contribution in [3.05, 3.63) is 36.1 Å². The number of phenolic OH excluding ortho intramolecular Hbond substituents is 1. The quantitative estimate of drug-likeness (QED) is 0.834. The number of aromatic nitrogens is 1. The summed E-state index contributed by atoms with van der Waals surface area (Å²) < 4.78 is 5.18. The second-order valence-corrected chi connectivity index (χ2v) is 3.48. The molecule has 0 atom stereocenters. The molecule has 0 radical (unpaired) electrons. The number of benzene rings is 1. The topological polar surface area (TPSA) is 46.3 Å². The van der Waals surface area contributed by atoms with E-state index in [0.29, 0.717) is 0 Å². The summed E-state index contributed by atoms with van der Waals surface area (Å²) in [6.45, 7) is 2.10. The van der Waals surface area contributed by atoms with Gasteiger partial charge in [-0.3, -0.25) is 0 Å². The highest BCUT2D eigenvalue weighted by Crippen LogP contribution is 2.21. The molecule has 1 aromatic carbocycles. The lowest BCUT2D eigenvalue weighted by atomic mass is 10.1. The molecule has 0 aliphatic heterocycles. The summed E-state index contributed by atoms with van der Waals surface area (Å²) in [6.07, 6.45) is 1.95. The summed E-state index contributed by atoms with van der Waals surface area (Å²) in [5.41, 5.74) is 1.78. The molecule has 1 heterocycles. The Balaban J connectivity index is 2.25.